The number of amides is 1. The number of benzene rings is 1. The molecule has 1 aromatic carbocycles. The second-order valence-electron chi connectivity index (χ2n) is 5.84. The number of aryl methyl sites for hydroxylation is 1. The Balaban J connectivity index is 1.63. The lowest BCUT2D eigenvalue weighted by molar-refractivity contribution is -0.134. The number of nitrogens with zero attached hydrogens (tertiary/aromatic N) is 1. The van der Waals surface area contributed by atoms with Gasteiger partial charge in [0.1, 0.15) is 4.21 Å². The highest BCUT2D eigenvalue weighted by Crippen LogP contribution is 2.23. The first-order valence-corrected chi connectivity index (χ1v) is 10.3. The average molecular weight is 380 g/mol. The molecule has 25 heavy (non-hydrogen) atoms. The summed E-state index contributed by atoms with van der Waals surface area (Å²) in [4.78, 5) is 15.0. The van der Waals surface area contributed by atoms with Crippen molar-refractivity contribution in [3.63, 3.8) is 0 Å². The van der Waals surface area contributed by atoms with Crippen LogP contribution in [0, 0.1) is 6.92 Å². The minimum absolute atomic E-state index is 0.0608. The standard InChI is InChI=1S/C17H20N2O4S2/c1-13-2-7-17(24-13)25(21,22)18-15-5-3-14(4-6-15)12-16(20)19-8-10-23-11-9-19/h2-7,18H,8-12H2,1H3. The molecule has 134 valence electrons. The summed E-state index contributed by atoms with van der Waals surface area (Å²) in [5.41, 5.74) is 1.33. The number of hydrogen-bond acceptors (Lipinski definition) is 5. The maximum absolute atomic E-state index is 12.3. The molecule has 0 radical (unpaired) electrons. The number of carbonyl (C=O) groups excluding carboxylic acids is 1. The fraction of sp³-hybridized carbons (Fsp3) is 0.353. The van der Waals surface area contributed by atoms with E-state index < -0.39 is 10.0 Å². The Labute approximate surface area is 151 Å². The summed E-state index contributed by atoms with van der Waals surface area (Å²) in [6, 6.07) is 10.3. The Hall–Kier alpha value is -1.90. The highest BCUT2D eigenvalue weighted by molar-refractivity contribution is 7.94. The molecular weight excluding hydrogens is 360 g/mol. The molecule has 0 unspecified atom stereocenters. The highest BCUT2D eigenvalue weighted by Gasteiger charge is 2.18. The molecule has 2 aromatic rings. The predicted octanol–water partition coefficient (Wildman–Crippen LogP) is 2.26. The molecule has 1 aromatic heterocycles. The second-order valence-corrected chi connectivity index (χ2v) is 9.03. The molecule has 6 nitrogen and oxygen atoms in total. The van der Waals surface area contributed by atoms with Crippen molar-refractivity contribution in [3.05, 3.63) is 46.8 Å². The summed E-state index contributed by atoms with van der Waals surface area (Å²) in [5, 5.41) is 0. The average Bonchev–Trinajstić information content (AvgIpc) is 3.05. The van der Waals surface area contributed by atoms with Crippen molar-refractivity contribution < 1.29 is 17.9 Å². The van der Waals surface area contributed by atoms with Gasteiger partial charge < -0.3 is 9.64 Å². The van der Waals surface area contributed by atoms with Crippen LogP contribution in [0.1, 0.15) is 10.4 Å². The van der Waals surface area contributed by atoms with Gasteiger partial charge in [-0.15, -0.1) is 11.3 Å². The first-order chi connectivity index (χ1) is 11.9. The molecule has 1 aliphatic rings. The van der Waals surface area contributed by atoms with Crippen LogP contribution in [0.3, 0.4) is 0 Å². The summed E-state index contributed by atoms with van der Waals surface area (Å²) < 4.78 is 32.7. The van der Waals surface area contributed by atoms with Crippen LogP contribution in [0.15, 0.2) is 40.6 Å². The third-order valence-corrected chi connectivity index (χ3v) is 6.78. The van der Waals surface area contributed by atoms with Gasteiger partial charge in [0.15, 0.2) is 0 Å². The monoisotopic (exact) mass is 380 g/mol. The third kappa shape index (κ3) is 4.59. The van der Waals surface area contributed by atoms with Crippen molar-refractivity contribution in [2.24, 2.45) is 0 Å². The van der Waals surface area contributed by atoms with Gasteiger partial charge >= 0.3 is 0 Å². The fourth-order valence-corrected chi connectivity index (χ4v) is 4.89. The van der Waals surface area contributed by atoms with Gasteiger partial charge in [-0.25, -0.2) is 8.42 Å². The molecule has 1 aliphatic heterocycles. The van der Waals surface area contributed by atoms with Gasteiger partial charge in [-0.3, -0.25) is 9.52 Å². The topological polar surface area (TPSA) is 75.7 Å². The van der Waals surface area contributed by atoms with Crippen LogP contribution in [-0.4, -0.2) is 45.5 Å². The van der Waals surface area contributed by atoms with Crippen molar-refractivity contribution in [1.29, 1.82) is 0 Å². The van der Waals surface area contributed by atoms with E-state index >= 15 is 0 Å². The Bertz CT molecular complexity index is 838. The van der Waals surface area contributed by atoms with E-state index in [0.29, 0.717) is 38.4 Å². The van der Waals surface area contributed by atoms with E-state index in [1.165, 1.54) is 11.3 Å². The Morgan fingerprint density at radius 1 is 1.16 bits per heavy atom. The lowest BCUT2D eigenvalue weighted by Gasteiger charge is -2.26. The predicted molar refractivity (Wildman–Crippen MR) is 97.4 cm³/mol. The number of rotatable bonds is 5. The smallest absolute Gasteiger partial charge is 0.271 e. The Morgan fingerprint density at radius 2 is 1.84 bits per heavy atom. The van der Waals surface area contributed by atoms with E-state index in [0.717, 1.165) is 10.4 Å². The van der Waals surface area contributed by atoms with Crippen LogP contribution in [0.5, 0.6) is 0 Å². The summed E-state index contributed by atoms with van der Waals surface area (Å²) in [5.74, 6) is 0.0608. The molecule has 1 fully saturated rings. The molecule has 8 heteroatoms. The summed E-state index contributed by atoms with van der Waals surface area (Å²) in [7, 11) is -3.57. The quantitative estimate of drug-likeness (QED) is 0.863. The van der Waals surface area contributed by atoms with E-state index in [2.05, 4.69) is 4.72 Å². The van der Waals surface area contributed by atoms with E-state index in [9.17, 15) is 13.2 Å². The second kappa shape index (κ2) is 7.55. The van der Waals surface area contributed by atoms with Crippen LogP contribution in [0.4, 0.5) is 5.69 Å². The number of anilines is 1. The maximum atomic E-state index is 12.3. The minimum Gasteiger partial charge on any atom is -0.378 e. The number of thiophene rings is 1. The van der Waals surface area contributed by atoms with Crippen molar-refractivity contribution in [2.45, 2.75) is 17.6 Å². The van der Waals surface area contributed by atoms with Crippen molar-refractivity contribution in [1.82, 2.24) is 4.90 Å². The van der Waals surface area contributed by atoms with E-state index in [4.69, 9.17) is 4.74 Å². The molecule has 2 heterocycles. The lowest BCUT2D eigenvalue weighted by Crippen LogP contribution is -2.41. The van der Waals surface area contributed by atoms with Crippen LogP contribution in [0.25, 0.3) is 0 Å². The van der Waals surface area contributed by atoms with Crippen LogP contribution in [-0.2, 0) is 26.0 Å². The summed E-state index contributed by atoms with van der Waals surface area (Å²) in [6.07, 6.45) is 0.303. The minimum atomic E-state index is -3.57. The SMILES string of the molecule is Cc1ccc(S(=O)(=O)Nc2ccc(CC(=O)N3CCOCC3)cc2)s1. The summed E-state index contributed by atoms with van der Waals surface area (Å²) >= 11 is 1.23. The number of hydrogen-bond donors (Lipinski definition) is 1. The van der Waals surface area contributed by atoms with Crippen molar-refractivity contribution in [2.75, 3.05) is 31.0 Å². The Kier molecular flexibility index (Phi) is 5.41. The van der Waals surface area contributed by atoms with Gasteiger partial charge in [-0.1, -0.05) is 12.1 Å². The van der Waals surface area contributed by atoms with Gasteiger partial charge in [0.25, 0.3) is 10.0 Å². The normalized spacial score (nSPS) is 15.2. The molecule has 0 saturated carbocycles. The molecule has 0 spiro atoms. The molecular formula is C17H20N2O4S2. The van der Waals surface area contributed by atoms with Gasteiger partial charge in [0.05, 0.1) is 19.6 Å². The van der Waals surface area contributed by atoms with Crippen molar-refractivity contribution >= 4 is 33.0 Å². The number of nitrogens with one attached hydrogen (secondary N) is 1. The molecule has 3 rings (SSSR count). The molecule has 1 saturated heterocycles. The van der Waals surface area contributed by atoms with Gasteiger partial charge in [-0.05, 0) is 36.8 Å². The zero-order valence-electron chi connectivity index (χ0n) is 13.9. The lowest BCUT2D eigenvalue weighted by atomic mass is 10.1. The van der Waals surface area contributed by atoms with Crippen LogP contribution < -0.4 is 4.72 Å². The zero-order valence-corrected chi connectivity index (χ0v) is 15.5. The molecule has 1 amide bonds. The van der Waals surface area contributed by atoms with Crippen LogP contribution in [0.2, 0.25) is 0 Å². The first-order valence-electron chi connectivity index (χ1n) is 7.98. The fourth-order valence-electron chi connectivity index (χ4n) is 2.55. The largest absolute Gasteiger partial charge is 0.378 e. The maximum Gasteiger partial charge on any atom is 0.271 e. The summed E-state index contributed by atoms with van der Waals surface area (Å²) in [6.45, 7) is 4.27. The number of sulfonamides is 1. The molecule has 1 N–H and O–H groups in total. The number of carbonyl (C=O) groups is 1. The highest BCUT2D eigenvalue weighted by atomic mass is 32.2. The number of morpholine rings is 1. The van der Waals surface area contributed by atoms with Gasteiger partial charge in [-0.2, -0.15) is 0 Å². The van der Waals surface area contributed by atoms with Gasteiger partial charge in [0, 0.05) is 23.7 Å². The van der Waals surface area contributed by atoms with E-state index in [1.807, 2.05) is 6.92 Å². The number of ether oxygens (including phenoxy) is 1. The zero-order chi connectivity index (χ0) is 17.9. The third-order valence-electron chi connectivity index (χ3n) is 3.91. The molecule has 0 bridgehead atoms. The van der Waals surface area contributed by atoms with Crippen molar-refractivity contribution in [3.8, 4) is 0 Å². The van der Waals surface area contributed by atoms with Crippen LogP contribution >= 0.6 is 11.3 Å². The Morgan fingerprint density at radius 3 is 2.44 bits per heavy atom. The van der Waals surface area contributed by atoms with Gasteiger partial charge in [0.2, 0.25) is 5.91 Å². The first kappa shape index (κ1) is 17.9. The molecule has 0 atom stereocenters. The van der Waals surface area contributed by atoms with E-state index in [1.54, 1.807) is 41.3 Å². The van der Waals surface area contributed by atoms with E-state index in [-0.39, 0.29) is 10.1 Å². The molecule has 0 aliphatic carbocycles.